The van der Waals surface area contributed by atoms with E-state index >= 15 is 0 Å². The number of nitrogens with one attached hydrogen (secondary N) is 1. The Kier molecular flexibility index (Phi) is 9.30. The van der Waals surface area contributed by atoms with Gasteiger partial charge in [0.05, 0.1) is 17.2 Å². The van der Waals surface area contributed by atoms with Gasteiger partial charge in [0.25, 0.3) is 0 Å². The number of benzene rings is 1. The molecular formula is C17H22F3IN4OS. The molecule has 0 saturated carbocycles. The molecule has 0 aliphatic rings. The van der Waals surface area contributed by atoms with E-state index in [1.165, 1.54) is 6.07 Å². The fourth-order valence-corrected chi connectivity index (χ4v) is 2.88. The highest BCUT2D eigenvalue weighted by atomic mass is 127. The van der Waals surface area contributed by atoms with E-state index in [1.54, 1.807) is 30.5 Å². The summed E-state index contributed by atoms with van der Waals surface area (Å²) in [6, 6.07) is 6.55. The lowest BCUT2D eigenvalue weighted by Gasteiger charge is -2.21. The Balaban J connectivity index is 0.00000364. The second kappa shape index (κ2) is 10.7. The van der Waals surface area contributed by atoms with Crippen molar-refractivity contribution in [1.29, 1.82) is 0 Å². The minimum Gasteiger partial charge on any atom is -0.484 e. The lowest BCUT2D eigenvalue weighted by Crippen LogP contribution is -2.38. The van der Waals surface area contributed by atoms with Gasteiger partial charge in [-0.1, -0.05) is 12.1 Å². The van der Waals surface area contributed by atoms with Crippen molar-refractivity contribution in [3.05, 3.63) is 45.9 Å². The molecule has 0 fully saturated rings. The summed E-state index contributed by atoms with van der Waals surface area (Å²) in [6.45, 7) is 1.67. The molecule has 27 heavy (non-hydrogen) atoms. The Morgan fingerprint density at radius 3 is 2.70 bits per heavy atom. The maximum Gasteiger partial charge on any atom is 0.422 e. The summed E-state index contributed by atoms with van der Waals surface area (Å²) in [6.07, 6.45) is -4.35. The van der Waals surface area contributed by atoms with E-state index in [0.717, 1.165) is 16.3 Å². The molecule has 1 aromatic heterocycles. The van der Waals surface area contributed by atoms with Crippen molar-refractivity contribution in [1.82, 2.24) is 15.2 Å². The van der Waals surface area contributed by atoms with Gasteiger partial charge in [0, 0.05) is 26.0 Å². The molecule has 0 amide bonds. The van der Waals surface area contributed by atoms with Crippen LogP contribution in [0.3, 0.4) is 0 Å². The number of aliphatic imine (C=N–C) groups is 1. The Bertz CT molecular complexity index is 752. The lowest BCUT2D eigenvalue weighted by atomic mass is 10.2. The van der Waals surface area contributed by atoms with Gasteiger partial charge >= 0.3 is 6.18 Å². The normalized spacial score (nSPS) is 11.7. The van der Waals surface area contributed by atoms with Crippen molar-refractivity contribution >= 4 is 41.3 Å². The van der Waals surface area contributed by atoms with E-state index in [1.807, 2.05) is 30.3 Å². The molecule has 1 N–H and O–H groups in total. The maximum atomic E-state index is 12.2. The SMILES string of the molecule is CN=C(NCc1cccc(OCC(F)(F)F)c1)N(C)Cc1csc(C)n1.I. The molecule has 10 heteroatoms. The van der Waals surface area contributed by atoms with E-state index < -0.39 is 12.8 Å². The summed E-state index contributed by atoms with van der Waals surface area (Å²) < 4.78 is 41.5. The molecule has 150 valence electrons. The quantitative estimate of drug-likeness (QED) is 0.357. The standard InChI is InChI=1S/C17H21F3N4OS.HI/c1-12-23-14(10-26-12)9-24(3)16(21-2)22-8-13-5-4-6-15(7-13)25-11-17(18,19)20;/h4-7,10H,8-9,11H2,1-3H3,(H,21,22);1H. The number of rotatable bonds is 6. The third-order valence-corrected chi connectivity index (χ3v) is 4.21. The average molecular weight is 514 g/mol. The Morgan fingerprint density at radius 2 is 2.11 bits per heavy atom. The van der Waals surface area contributed by atoms with Gasteiger partial charge in [-0.15, -0.1) is 35.3 Å². The van der Waals surface area contributed by atoms with Crippen molar-refractivity contribution < 1.29 is 17.9 Å². The van der Waals surface area contributed by atoms with Crippen LogP contribution in [0.25, 0.3) is 0 Å². The number of ether oxygens (including phenoxy) is 1. The van der Waals surface area contributed by atoms with Gasteiger partial charge in [0.1, 0.15) is 5.75 Å². The first-order valence-corrected chi connectivity index (χ1v) is 8.76. The second-order valence-electron chi connectivity index (χ2n) is 5.67. The summed E-state index contributed by atoms with van der Waals surface area (Å²) in [5.41, 5.74) is 1.75. The fourth-order valence-electron chi connectivity index (χ4n) is 2.27. The molecule has 0 aliphatic heterocycles. The Hall–Kier alpha value is -1.56. The molecule has 2 aromatic rings. The van der Waals surface area contributed by atoms with Gasteiger partial charge in [0.15, 0.2) is 12.6 Å². The molecular weight excluding hydrogens is 492 g/mol. The van der Waals surface area contributed by atoms with Crippen LogP contribution in [0.4, 0.5) is 13.2 Å². The van der Waals surface area contributed by atoms with Crippen molar-refractivity contribution in [3.8, 4) is 5.75 Å². The number of halogens is 4. The summed E-state index contributed by atoms with van der Waals surface area (Å²) in [5.74, 6) is 0.847. The first-order valence-electron chi connectivity index (χ1n) is 7.88. The van der Waals surface area contributed by atoms with Crippen LogP contribution in [0.1, 0.15) is 16.3 Å². The van der Waals surface area contributed by atoms with E-state index in [0.29, 0.717) is 19.0 Å². The van der Waals surface area contributed by atoms with Crippen LogP contribution in [0.2, 0.25) is 0 Å². The van der Waals surface area contributed by atoms with E-state index in [2.05, 4.69) is 15.3 Å². The summed E-state index contributed by atoms with van der Waals surface area (Å²) >= 11 is 1.59. The molecule has 0 bridgehead atoms. The van der Waals surface area contributed by atoms with Crippen molar-refractivity contribution in [2.24, 2.45) is 4.99 Å². The van der Waals surface area contributed by atoms with Crippen LogP contribution in [-0.2, 0) is 13.1 Å². The molecule has 1 heterocycles. The van der Waals surface area contributed by atoms with Gasteiger partial charge in [-0.25, -0.2) is 4.98 Å². The number of aromatic nitrogens is 1. The largest absolute Gasteiger partial charge is 0.484 e. The molecule has 0 aliphatic carbocycles. The summed E-state index contributed by atoms with van der Waals surface area (Å²) in [4.78, 5) is 10.6. The van der Waals surface area contributed by atoms with Gasteiger partial charge in [0.2, 0.25) is 0 Å². The zero-order valence-corrected chi connectivity index (χ0v) is 18.4. The highest BCUT2D eigenvalue weighted by molar-refractivity contribution is 14.0. The molecule has 1 aromatic carbocycles. The number of aryl methyl sites for hydroxylation is 1. The van der Waals surface area contributed by atoms with Gasteiger partial charge in [-0.05, 0) is 24.6 Å². The van der Waals surface area contributed by atoms with E-state index in [-0.39, 0.29) is 29.7 Å². The molecule has 0 radical (unpaired) electrons. The first-order chi connectivity index (χ1) is 12.3. The third kappa shape index (κ3) is 8.33. The van der Waals surface area contributed by atoms with Gasteiger partial charge in [-0.3, -0.25) is 4.99 Å². The smallest absolute Gasteiger partial charge is 0.422 e. The van der Waals surface area contributed by atoms with Crippen LogP contribution in [0.5, 0.6) is 5.75 Å². The van der Waals surface area contributed by atoms with Crippen molar-refractivity contribution in [3.63, 3.8) is 0 Å². The Labute approximate surface area is 177 Å². The molecule has 0 unspecified atom stereocenters. The molecule has 2 rings (SSSR count). The van der Waals surface area contributed by atoms with E-state index in [4.69, 9.17) is 4.74 Å². The van der Waals surface area contributed by atoms with Gasteiger partial charge < -0.3 is 15.0 Å². The number of thiazole rings is 1. The zero-order valence-electron chi connectivity index (χ0n) is 15.2. The van der Waals surface area contributed by atoms with Crippen molar-refractivity contribution in [2.75, 3.05) is 20.7 Å². The fraction of sp³-hybridized carbons (Fsp3) is 0.412. The molecule has 0 saturated heterocycles. The minimum absolute atomic E-state index is 0. The predicted octanol–water partition coefficient (Wildman–Crippen LogP) is 4.22. The second-order valence-corrected chi connectivity index (χ2v) is 6.73. The Morgan fingerprint density at radius 1 is 1.37 bits per heavy atom. The highest BCUT2D eigenvalue weighted by Gasteiger charge is 2.28. The zero-order chi connectivity index (χ0) is 19.2. The van der Waals surface area contributed by atoms with E-state index in [9.17, 15) is 13.2 Å². The maximum absolute atomic E-state index is 12.2. The lowest BCUT2D eigenvalue weighted by molar-refractivity contribution is -0.153. The monoisotopic (exact) mass is 514 g/mol. The van der Waals surface area contributed by atoms with Crippen LogP contribution < -0.4 is 10.1 Å². The number of hydrogen-bond donors (Lipinski definition) is 1. The van der Waals surface area contributed by atoms with Gasteiger partial charge in [-0.2, -0.15) is 13.2 Å². The summed E-state index contributed by atoms with van der Waals surface area (Å²) in [5, 5.41) is 6.19. The van der Waals surface area contributed by atoms with Crippen molar-refractivity contribution in [2.45, 2.75) is 26.2 Å². The number of hydrogen-bond acceptors (Lipinski definition) is 4. The van der Waals surface area contributed by atoms with Crippen LogP contribution in [-0.4, -0.2) is 42.7 Å². The van der Waals surface area contributed by atoms with Crippen LogP contribution >= 0.6 is 35.3 Å². The topological polar surface area (TPSA) is 49.8 Å². The number of alkyl halides is 3. The predicted molar refractivity (Wildman–Crippen MR) is 112 cm³/mol. The molecule has 0 atom stereocenters. The first kappa shape index (κ1) is 23.5. The highest BCUT2D eigenvalue weighted by Crippen LogP contribution is 2.19. The summed E-state index contributed by atoms with van der Waals surface area (Å²) in [7, 11) is 3.57. The number of nitrogens with zero attached hydrogens (tertiary/aromatic N) is 3. The number of guanidine groups is 1. The van der Waals surface area contributed by atoms with Crippen LogP contribution in [0, 0.1) is 6.92 Å². The molecule has 0 spiro atoms. The van der Waals surface area contributed by atoms with Crippen LogP contribution in [0.15, 0.2) is 34.6 Å². The molecule has 5 nitrogen and oxygen atoms in total. The average Bonchev–Trinajstić information content (AvgIpc) is 2.98. The minimum atomic E-state index is -4.35. The third-order valence-electron chi connectivity index (χ3n) is 3.39.